The van der Waals surface area contributed by atoms with Crippen LogP contribution in [0.5, 0.6) is 0 Å². The number of carboxylic acids is 1. The van der Waals surface area contributed by atoms with E-state index in [4.69, 9.17) is 52.1 Å². The number of carboxylic acid groups (broad SMARTS) is 1. The Morgan fingerprint density at radius 3 is 1.75 bits per heavy atom. The molecule has 93 heavy (non-hydrogen) atoms. The number of aliphatic hydroxyl groups excluding tert-OH is 14. The van der Waals surface area contributed by atoms with Crippen molar-refractivity contribution in [3.8, 4) is 0 Å². The minimum atomic E-state index is -2.09. The average Bonchev–Trinajstić information content (AvgIpc) is 0.674. The number of fused-ring (bicyclic) bond motifs is 7. The number of ether oxygens (including phenoxy) is 11. The van der Waals surface area contributed by atoms with Gasteiger partial charge in [0.25, 0.3) is 0 Å². The maximum atomic E-state index is 15.6. The van der Waals surface area contributed by atoms with E-state index in [1.807, 2.05) is 6.92 Å². The number of hydrogen-bond donors (Lipinski definition) is 16. The lowest BCUT2D eigenvalue weighted by Crippen LogP contribution is -2.70. The van der Waals surface area contributed by atoms with E-state index in [2.05, 4.69) is 40.7 Å². The van der Waals surface area contributed by atoms with Crippen molar-refractivity contribution in [1.29, 1.82) is 0 Å². The number of rotatable bonds is 17. The van der Waals surface area contributed by atoms with Crippen LogP contribution in [0.15, 0.2) is 11.6 Å². The van der Waals surface area contributed by atoms with E-state index in [0.717, 1.165) is 12.5 Å². The van der Waals surface area contributed by atoms with E-state index < -0.39 is 250 Å². The summed E-state index contributed by atoms with van der Waals surface area (Å²) in [6.45, 7) is 12.5. The van der Waals surface area contributed by atoms with Gasteiger partial charge in [-0.1, -0.05) is 53.2 Å². The molecule has 30 nitrogen and oxygen atoms in total. The van der Waals surface area contributed by atoms with Crippen LogP contribution in [0.2, 0.25) is 0 Å². The van der Waals surface area contributed by atoms with Gasteiger partial charge in [0.05, 0.1) is 75.2 Å². The van der Waals surface area contributed by atoms with Crippen LogP contribution in [-0.4, -0.2) is 286 Å². The molecule has 532 valence electrons. The maximum absolute atomic E-state index is 15.6. The van der Waals surface area contributed by atoms with Gasteiger partial charge in [-0.05, 0) is 111 Å². The maximum Gasteiger partial charge on any atom is 0.315 e. The second-order valence-electron chi connectivity index (χ2n) is 30.4. The first kappa shape index (κ1) is 72.9. The van der Waals surface area contributed by atoms with Crippen LogP contribution in [0, 0.1) is 50.2 Å². The molecule has 0 bridgehead atoms. The number of aliphatic hydroxyl groups is 15. The van der Waals surface area contributed by atoms with Crippen molar-refractivity contribution in [2.45, 2.75) is 279 Å². The fourth-order valence-electron chi connectivity index (χ4n) is 18.3. The summed E-state index contributed by atoms with van der Waals surface area (Å²) in [6.07, 6.45) is -35.1. The first-order valence-electron chi connectivity index (χ1n) is 32.6. The minimum absolute atomic E-state index is 0.117. The van der Waals surface area contributed by atoms with Gasteiger partial charge in [-0.25, -0.2) is 0 Å². The highest BCUT2D eigenvalue weighted by atomic mass is 16.8. The highest BCUT2D eigenvalue weighted by Crippen LogP contribution is 2.76. The zero-order valence-electron chi connectivity index (χ0n) is 53.9. The number of carbonyl (C=O) groups is 3. The predicted octanol–water partition coefficient (Wildman–Crippen LogP) is -3.16. The Morgan fingerprint density at radius 1 is 0.581 bits per heavy atom. The van der Waals surface area contributed by atoms with Crippen molar-refractivity contribution >= 4 is 17.9 Å². The molecule has 0 amide bonds. The molecular formula is C63H100O30. The lowest BCUT2D eigenvalue weighted by Gasteiger charge is -2.72. The zero-order chi connectivity index (χ0) is 68.2. The monoisotopic (exact) mass is 1340 g/mol. The molecule has 5 saturated heterocycles. The number of hydrogen-bond acceptors (Lipinski definition) is 29. The third kappa shape index (κ3) is 13.1. The Balaban J connectivity index is 0.893. The topological polar surface area (TPSA) is 476 Å². The molecule has 5 aliphatic heterocycles. The van der Waals surface area contributed by atoms with Crippen LogP contribution in [0.1, 0.15) is 126 Å². The summed E-state index contributed by atoms with van der Waals surface area (Å²) < 4.78 is 65.9. The first-order valence-corrected chi connectivity index (χ1v) is 32.6. The molecule has 9 fully saturated rings. The smallest absolute Gasteiger partial charge is 0.315 e. The summed E-state index contributed by atoms with van der Waals surface area (Å²) in [5, 5.41) is 175. The van der Waals surface area contributed by atoms with Gasteiger partial charge in [0.2, 0.25) is 6.29 Å². The highest BCUT2D eigenvalue weighted by molar-refractivity contribution is 5.79. The second-order valence-corrected chi connectivity index (χ2v) is 30.4. The van der Waals surface area contributed by atoms with Crippen LogP contribution in [0.4, 0.5) is 0 Å². The lowest BCUT2D eigenvalue weighted by molar-refractivity contribution is -0.377. The molecule has 33 atom stereocenters. The Morgan fingerprint density at radius 2 is 1.15 bits per heavy atom. The van der Waals surface area contributed by atoms with E-state index in [-0.39, 0.29) is 23.7 Å². The molecule has 0 aromatic heterocycles. The molecule has 3 unspecified atom stereocenters. The fraction of sp³-hybridized carbons (Fsp3) is 0.921. The van der Waals surface area contributed by atoms with E-state index >= 15 is 4.79 Å². The summed E-state index contributed by atoms with van der Waals surface area (Å²) in [4.78, 5) is 40.4. The van der Waals surface area contributed by atoms with Gasteiger partial charge in [0.1, 0.15) is 85.5 Å². The van der Waals surface area contributed by atoms with Crippen molar-refractivity contribution in [3.05, 3.63) is 11.6 Å². The molecule has 0 spiro atoms. The van der Waals surface area contributed by atoms with E-state index in [1.165, 1.54) is 6.92 Å². The van der Waals surface area contributed by atoms with Crippen LogP contribution < -0.4 is 0 Å². The Bertz CT molecular complexity index is 2680. The largest absolute Gasteiger partial charge is 0.481 e. The van der Waals surface area contributed by atoms with Crippen LogP contribution in [-0.2, 0) is 66.5 Å². The standard InChI is InChI=1S/C63H100O30/c1-26-46(88-37(72)20-58(4,82)19-36(70)71)47(89-51-43(78)38(73)30(67)22-83-51)45(80)53(86-26)91-48-40(75)32(69)24-85-54(48)93-56(81)63-15-13-57(2,3)17-28(63)27-9-10-35-59(5)18-29(66)50(60(6,25-65)34(59)11-12-62(35,8)61(27,7)14-16-63)92-55-49(42(77)41(76)33(21-64)87-55)90-52-44(79)39(74)31(68)23-84-52/h9,26,28-35,38-55,64-69,73-80,82H,10-25H2,1-8H3,(H,70,71)/t26-,28-,29-,30+,31-,32-,33+,34?,35?,38-,39-,40-,41+,42-,43+,44+,45+,46-,47-,48+,49+,50-,51-,52-,53-,54-,55-,58?,59-,60-,61+,62+,63-/m0/s1. The van der Waals surface area contributed by atoms with Gasteiger partial charge in [-0.15, -0.1) is 0 Å². The Labute approximate surface area is 538 Å². The zero-order valence-corrected chi connectivity index (χ0v) is 53.9. The van der Waals surface area contributed by atoms with E-state index in [0.29, 0.717) is 51.4 Å². The third-order valence-electron chi connectivity index (χ3n) is 23.7. The number of aliphatic carboxylic acids is 1. The summed E-state index contributed by atoms with van der Waals surface area (Å²) >= 11 is 0. The van der Waals surface area contributed by atoms with Crippen molar-refractivity contribution in [2.75, 3.05) is 33.0 Å². The summed E-state index contributed by atoms with van der Waals surface area (Å²) in [5.74, 6) is -4.06. The van der Waals surface area contributed by atoms with Crippen molar-refractivity contribution in [1.82, 2.24) is 0 Å². The molecular weight excluding hydrogens is 1240 g/mol. The average molecular weight is 1340 g/mol. The van der Waals surface area contributed by atoms with Crippen LogP contribution in [0.25, 0.3) is 0 Å². The van der Waals surface area contributed by atoms with Gasteiger partial charge in [0.15, 0.2) is 37.4 Å². The minimum Gasteiger partial charge on any atom is -0.481 e. The molecule has 30 heteroatoms. The second kappa shape index (κ2) is 27.0. The van der Waals surface area contributed by atoms with Gasteiger partial charge in [-0.2, -0.15) is 0 Å². The molecule has 0 radical (unpaired) electrons. The summed E-state index contributed by atoms with van der Waals surface area (Å²) in [7, 11) is 0. The Hall–Kier alpha value is -2.81. The highest BCUT2D eigenvalue weighted by Gasteiger charge is 2.72. The van der Waals surface area contributed by atoms with Crippen LogP contribution in [0.3, 0.4) is 0 Å². The van der Waals surface area contributed by atoms with E-state index in [1.54, 1.807) is 0 Å². The summed E-state index contributed by atoms with van der Waals surface area (Å²) in [6, 6.07) is 0. The van der Waals surface area contributed by atoms with Crippen molar-refractivity contribution in [3.63, 3.8) is 0 Å². The molecule has 10 rings (SSSR count). The Kier molecular flexibility index (Phi) is 21.2. The third-order valence-corrected chi connectivity index (χ3v) is 23.7. The molecule has 5 aliphatic carbocycles. The number of esters is 2. The van der Waals surface area contributed by atoms with Gasteiger partial charge < -0.3 is 134 Å². The van der Waals surface area contributed by atoms with Crippen molar-refractivity contribution in [2.24, 2.45) is 50.2 Å². The van der Waals surface area contributed by atoms with E-state index in [9.17, 15) is 91.3 Å². The van der Waals surface area contributed by atoms with Gasteiger partial charge in [-0.3, -0.25) is 14.4 Å². The number of carbonyl (C=O) groups excluding carboxylic acids is 2. The molecule has 5 heterocycles. The molecule has 0 aromatic carbocycles. The molecule has 4 saturated carbocycles. The van der Waals surface area contributed by atoms with Crippen molar-refractivity contribution < 1.29 is 148 Å². The lowest BCUT2D eigenvalue weighted by atomic mass is 9.33. The quantitative estimate of drug-likeness (QED) is 0.0388. The number of allylic oxidation sites excluding steroid dienone is 2. The fourth-order valence-corrected chi connectivity index (χ4v) is 18.3. The first-order chi connectivity index (χ1) is 43.4. The van der Waals surface area contributed by atoms with Gasteiger partial charge >= 0.3 is 17.9 Å². The van der Waals surface area contributed by atoms with Crippen LogP contribution >= 0.6 is 0 Å². The predicted molar refractivity (Wildman–Crippen MR) is 310 cm³/mol. The normalized spacial score (nSPS) is 51.3. The summed E-state index contributed by atoms with van der Waals surface area (Å²) in [5.41, 5.74) is -5.35. The SMILES string of the molecule is C[C@@H]1O[C@@H](O[C@H]2[C@H](OC(=O)[C@]34CCC(C)(C)C[C@H]3C3=CCC5[C@@]6(C)C[C@H](O)[C@H](O[C@@H]7O[C@H](CO)[C@@H](O)[C@H](O)[C@H]7O[C@@H]7OC[C@H](O)[C@H](O)[C@H]7O)[C@@](C)(CO)C6CC[C@@]5(C)[C@]3(C)CC4)OC[C@H](O)[C@@H]2O)[C@H](O)[C@H](O[C@@H]2OC[C@@H](O)[C@H](O)[C@H]2O)[C@H]1OC(=O)CC(C)(O)CC(=O)O. The molecule has 16 N–H and O–H groups in total. The molecule has 0 aromatic rings. The molecule has 10 aliphatic rings. The van der Waals surface area contributed by atoms with Gasteiger partial charge in [0, 0.05) is 5.41 Å².